The Labute approximate surface area is 161 Å². The van der Waals surface area contributed by atoms with E-state index in [-0.39, 0.29) is 16.8 Å². The molecule has 0 saturated carbocycles. The number of carbonyl (C=O) groups excluding carboxylic acids is 1. The fraction of sp³-hybridized carbons (Fsp3) is 0.350. The highest BCUT2D eigenvalue weighted by atomic mass is 35.5. The topological polar surface area (TPSA) is 32.3 Å². The summed E-state index contributed by atoms with van der Waals surface area (Å²) in [5.41, 5.74) is 1.48. The summed E-state index contributed by atoms with van der Waals surface area (Å²) in [7, 11) is 0. The Kier molecular flexibility index (Phi) is 5.38. The molecule has 27 heavy (non-hydrogen) atoms. The number of nitrogens with zero attached hydrogens (tertiary/aromatic N) is 1. The number of hydrogen-bond acceptors (Lipinski definition) is 2. The zero-order valence-electron chi connectivity index (χ0n) is 15.0. The maximum Gasteiger partial charge on any atom is 0.416 e. The molecule has 7 heteroatoms. The van der Waals surface area contributed by atoms with Gasteiger partial charge in [-0.15, -0.1) is 0 Å². The van der Waals surface area contributed by atoms with Gasteiger partial charge in [0.1, 0.15) is 6.04 Å². The van der Waals surface area contributed by atoms with Crippen molar-refractivity contribution in [2.75, 3.05) is 16.8 Å². The number of anilines is 2. The summed E-state index contributed by atoms with van der Waals surface area (Å²) >= 11 is 6.04. The molecule has 0 unspecified atom stereocenters. The van der Waals surface area contributed by atoms with E-state index in [0.29, 0.717) is 12.2 Å². The Bertz CT molecular complexity index is 851. The van der Waals surface area contributed by atoms with Crippen molar-refractivity contribution < 1.29 is 18.0 Å². The van der Waals surface area contributed by atoms with E-state index in [1.807, 2.05) is 38.1 Å². The SMILES string of the molecule is CC(C)[C@@H](Nc1ccc(C(F)(F)F)cc1Cl)C(=O)N1CCc2ccccc21. The molecule has 0 aromatic heterocycles. The lowest BCUT2D eigenvalue weighted by molar-refractivity contribution is -0.137. The van der Waals surface area contributed by atoms with Crippen LogP contribution in [0.2, 0.25) is 5.02 Å². The summed E-state index contributed by atoms with van der Waals surface area (Å²) in [6, 6.07) is 10.2. The van der Waals surface area contributed by atoms with Crippen LogP contribution in [0.4, 0.5) is 24.5 Å². The van der Waals surface area contributed by atoms with E-state index in [9.17, 15) is 18.0 Å². The van der Waals surface area contributed by atoms with E-state index in [4.69, 9.17) is 11.6 Å². The van der Waals surface area contributed by atoms with Crippen molar-refractivity contribution in [3.05, 3.63) is 58.6 Å². The molecule has 1 aliphatic rings. The number of halogens is 4. The molecule has 0 fully saturated rings. The molecule has 3 nitrogen and oxygen atoms in total. The van der Waals surface area contributed by atoms with Gasteiger partial charge in [-0.25, -0.2) is 0 Å². The molecule has 1 aliphatic heterocycles. The maximum absolute atomic E-state index is 13.1. The van der Waals surface area contributed by atoms with E-state index in [1.165, 1.54) is 6.07 Å². The Hall–Kier alpha value is -2.21. The lowest BCUT2D eigenvalue weighted by Gasteiger charge is -2.28. The van der Waals surface area contributed by atoms with Crippen molar-refractivity contribution >= 4 is 28.9 Å². The van der Waals surface area contributed by atoms with Crippen LogP contribution in [0.15, 0.2) is 42.5 Å². The van der Waals surface area contributed by atoms with Crippen molar-refractivity contribution in [3.8, 4) is 0 Å². The third-order valence-electron chi connectivity index (χ3n) is 4.69. The molecule has 1 amide bonds. The van der Waals surface area contributed by atoms with E-state index < -0.39 is 17.8 Å². The molecule has 144 valence electrons. The first-order chi connectivity index (χ1) is 12.7. The number of carbonyl (C=O) groups is 1. The zero-order valence-corrected chi connectivity index (χ0v) is 15.7. The minimum atomic E-state index is -4.46. The molecule has 0 spiro atoms. The van der Waals surface area contributed by atoms with Crippen LogP contribution in [0, 0.1) is 5.92 Å². The Balaban J connectivity index is 1.84. The van der Waals surface area contributed by atoms with Crippen LogP contribution in [-0.2, 0) is 17.4 Å². The second kappa shape index (κ2) is 7.43. The van der Waals surface area contributed by atoms with Crippen LogP contribution in [0.25, 0.3) is 0 Å². The van der Waals surface area contributed by atoms with Gasteiger partial charge in [-0.05, 0) is 42.2 Å². The quantitative estimate of drug-likeness (QED) is 0.752. The van der Waals surface area contributed by atoms with Gasteiger partial charge in [-0.1, -0.05) is 43.6 Å². The summed E-state index contributed by atoms with van der Waals surface area (Å²) in [4.78, 5) is 14.9. The molecule has 0 saturated heterocycles. The predicted molar refractivity (Wildman–Crippen MR) is 101 cm³/mol. The number of rotatable bonds is 4. The molecule has 1 heterocycles. The van der Waals surface area contributed by atoms with E-state index in [1.54, 1.807) is 4.90 Å². The van der Waals surface area contributed by atoms with E-state index in [0.717, 1.165) is 29.8 Å². The number of nitrogens with one attached hydrogen (secondary N) is 1. The van der Waals surface area contributed by atoms with Gasteiger partial charge in [0, 0.05) is 12.2 Å². The number of alkyl halides is 3. The molecule has 0 radical (unpaired) electrons. The molecule has 0 aliphatic carbocycles. The van der Waals surface area contributed by atoms with Crippen molar-refractivity contribution in [2.24, 2.45) is 5.92 Å². The maximum atomic E-state index is 13.1. The van der Waals surface area contributed by atoms with Crippen LogP contribution in [-0.4, -0.2) is 18.5 Å². The Morgan fingerprint density at radius 1 is 1.19 bits per heavy atom. The highest BCUT2D eigenvalue weighted by Gasteiger charge is 2.33. The molecule has 2 aromatic carbocycles. The second-order valence-corrected chi connectivity index (χ2v) is 7.33. The number of para-hydroxylation sites is 1. The first-order valence-corrected chi connectivity index (χ1v) is 9.09. The van der Waals surface area contributed by atoms with Gasteiger partial charge in [-0.2, -0.15) is 13.2 Å². The lowest BCUT2D eigenvalue weighted by atomic mass is 10.0. The van der Waals surface area contributed by atoms with Crippen molar-refractivity contribution in [1.29, 1.82) is 0 Å². The molecule has 0 bridgehead atoms. The summed E-state index contributed by atoms with van der Waals surface area (Å²) in [5.74, 6) is -0.200. The summed E-state index contributed by atoms with van der Waals surface area (Å²) in [6.07, 6.45) is -3.68. The largest absolute Gasteiger partial charge is 0.416 e. The first kappa shape index (κ1) is 19.5. The molecule has 1 N–H and O–H groups in total. The van der Waals surface area contributed by atoms with E-state index >= 15 is 0 Å². The molecule has 1 atom stereocenters. The van der Waals surface area contributed by atoms with Crippen LogP contribution in [0.1, 0.15) is 25.0 Å². The van der Waals surface area contributed by atoms with E-state index in [2.05, 4.69) is 5.32 Å². The highest BCUT2D eigenvalue weighted by Crippen LogP contribution is 2.35. The normalized spacial score (nSPS) is 15.0. The van der Waals surface area contributed by atoms with Crippen molar-refractivity contribution in [1.82, 2.24) is 0 Å². The minimum absolute atomic E-state index is 0.0647. The minimum Gasteiger partial charge on any atom is -0.372 e. The van der Waals surface area contributed by atoms with Gasteiger partial charge in [0.05, 0.1) is 16.3 Å². The number of benzene rings is 2. The Morgan fingerprint density at radius 2 is 1.89 bits per heavy atom. The monoisotopic (exact) mass is 396 g/mol. The van der Waals surface area contributed by atoms with Crippen molar-refractivity contribution in [3.63, 3.8) is 0 Å². The van der Waals surface area contributed by atoms with Gasteiger partial charge in [0.25, 0.3) is 0 Å². The molecule has 3 rings (SSSR count). The number of hydrogen-bond donors (Lipinski definition) is 1. The zero-order chi connectivity index (χ0) is 19.8. The van der Waals surface area contributed by atoms with Crippen LogP contribution in [0.3, 0.4) is 0 Å². The predicted octanol–water partition coefficient (Wildman–Crippen LogP) is 5.38. The fourth-order valence-corrected chi connectivity index (χ4v) is 3.46. The first-order valence-electron chi connectivity index (χ1n) is 8.71. The van der Waals surface area contributed by atoms with Crippen LogP contribution >= 0.6 is 11.6 Å². The van der Waals surface area contributed by atoms with Crippen LogP contribution < -0.4 is 10.2 Å². The smallest absolute Gasteiger partial charge is 0.372 e. The summed E-state index contributed by atoms with van der Waals surface area (Å²) in [6.45, 7) is 4.36. The molecule has 2 aromatic rings. The van der Waals surface area contributed by atoms with Crippen LogP contribution in [0.5, 0.6) is 0 Å². The lowest BCUT2D eigenvalue weighted by Crippen LogP contribution is -2.45. The van der Waals surface area contributed by atoms with Gasteiger partial charge in [-0.3, -0.25) is 4.79 Å². The van der Waals surface area contributed by atoms with Gasteiger partial charge < -0.3 is 10.2 Å². The van der Waals surface area contributed by atoms with Gasteiger partial charge in [0.15, 0.2) is 0 Å². The third kappa shape index (κ3) is 4.05. The molecular formula is C20H20ClF3N2O. The van der Waals surface area contributed by atoms with Gasteiger partial charge in [0.2, 0.25) is 5.91 Å². The van der Waals surface area contributed by atoms with Gasteiger partial charge >= 0.3 is 6.18 Å². The number of fused-ring (bicyclic) bond motifs is 1. The average Bonchev–Trinajstić information content (AvgIpc) is 3.03. The summed E-state index contributed by atoms with van der Waals surface area (Å²) in [5, 5.41) is 2.98. The average molecular weight is 397 g/mol. The molecular weight excluding hydrogens is 377 g/mol. The summed E-state index contributed by atoms with van der Waals surface area (Å²) < 4.78 is 38.5. The number of amides is 1. The van der Waals surface area contributed by atoms with Crippen molar-refractivity contribution in [2.45, 2.75) is 32.5 Å². The Morgan fingerprint density at radius 3 is 2.52 bits per heavy atom. The second-order valence-electron chi connectivity index (χ2n) is 6.93. The third-order valence-corrected chi connectivity index (χ3v) is 5.01. The highest BCUT2D eigenvalue weighted by molar-refractivity contribution is 6.33. The standard InChI is InChI=1S/C20H20ClF3N2O/c1-12(2)18(19(27)26-10-9-13-5-3-4-6-17(13)26)25-16-8-7-14(11-15(16)21)20(22,23)24/h3-8,11-12,18,25H,9-10H2,1-2H3/t18-/m1/s1. The fourth-order valence-electron chi connectivity index (χ4n) is 3.22.